The molecule has 2 N–H and O–H groups in total. The number of anilines is 1. The van der Waals surface area contributed by atoms with E-state index >= 15 is 0 Å². The molecule has 0 unspecified atom stereocenters. The predicted molar refractivity (Wildman–Crippen MR) is 117 cm³/mol. The fourth-order valence-corrected chi connectivity index (χ4v) is 2.99. The SMILES string of the molecule is CN=C(NCC1(c2ccccc2)CC1)Nc1ccc(OC)c(OC)c1.I. The average molecular weight is 467 g/mol. The molecule has 0 aromatic heterocycles. The lowest BCUT2D eigenvalue weighted by atomic mass is 9.96. The van der Waals surface area contributed by atoms with Crippen molar-refractivity contribution in [1.29, 1.82) is 0 Å². The van der Waals surface area contributed by atoms with Crippen LogP contribution in [0.2, 0.25) is 0 Å². The lowest BCUT2D eigenvalue weighted by Gasteiger charge is -2.19. The molecule has 0 saturated heterocycles. The minimum absolute atomic E-state index is 0. The van der Waals surface area contributed by atoms with Gasteiger partial charge in [-0.2, -0.15) is 0 Å². The summed E-state index contributed by atoms with van der Waals surface area (Å²) in [6, 6.07) is 16.4. The normalized spacial score (nSPS) is 14.8. The van der Waals surface area contributed by atoms with Crippen LogP contribution in [0.15, 0.2) is 53.5 Å². The van der Waals surface area contributed by atoms with Gasteiger partial charge in [-0.3, -0.25) is 4.99 Å². The molecule has 1 saturated carbocycles. The molecule has 3 rings (SSSR count). The number of rotatable bonds is 6. The maximum Gasteiger partial charge on any atom is 0.195 e. The van der Waals surface area contributed by atoms with Crippen LogP contribution in [0.1, 0.15) is 18.4 Å². The predicted octanol–water partition coefficient (Wildman–Crippen LogP) is 4.04. The van der Waals surface area contributed by atoms with Gasteiger partial charge in [0.1, 0.15) is 0 Å². The van der Waals surface area contributed by atoms with Gasteiger partial charge in [-0.25, -0.2) is 0 Å². The van der Waals surface area contributed by atoms with Crippen molar-refractivity contribution in [3.63, 3.8) is 0 Å². The second-order valence-electron chi connectivity index (χ2n) is 6.27. The fraction of sp³-hybridized carbons (Fsp3) is 0.350. The highest BCUT2D eigenvalue weighted by Crippen LogP contribution is 2.47. The van der Waals surface area contributed by atoms with Crippen molar-refractivity contribution in [3.05, 3.63) is 54.1 Å². The molecule has 0 spiro atoms. The molecule has 1 fully saturated rings. The molecule has 0 aliphatic heterocycles. The van der Waals surface area contributed by atoms with Crippen LogP contribution in [0.5, 0.6) is 11.5 Å². The van der Waals surface area contributed by atoms with Crippen LogP contribution in [0.4, 0.5) is 5.69 Å². The van der Waals surface area contributed by atoms with E-state index in [1.54, 1.807) is 21.3 Å². The third kappa shape index (κ3) is 4.60. The summed E-state index contributed by atoms with van der Waals surface area (Å²) in [6.07, 6.45) is 2.41. The Balaban J connectivity index is 0.00000243. The van der Waals surface area contributed by atoms with Crippen LogP contribution in [0.3, 0.4) is 0 Å². The van der Waals surface area contributed by atoms with Crippen molar-refractivity contribution in [2.45, 2.75) is 18.3 Å². The number of hydrogen-bond donors (Lipinski definition) is 2. The van der Waals surface area contributed by atoms with Crippen LogP contribution in [0, 0.1) is 0 Å². The maximum atomic E-state index is 5.35. The summed E-state index contributed by atoms with van der Waals surface area (Å²) < 4.78 is 10.6. The van der Waals surface area contributed by atoms with Crippen LogP contribution >= 0.6 is 24.0 Å². The Labute approximate surface area is 172 Å². The summed E-state index contributed by atoms with van der Waals surface area (Å²) in [5.74, 6) is 2.14. The number of benzene rings is 2. The van der Waals surface area contributed by atoms with Crippen LogP contribution in [0.25, 0.3) is 0 Å². The zero-order valence-electron chi connectivity index (χ0n) is 15.4. The number of hydrogen-bond acceptors (Lipinski definition) is 3. The molecule has 2 aromatic carbocycles. The first-order chi connectivity index (χ1) is 12.2. The van der Waals surface area contributed by atoms with Gasteiger partial charge < -0.3 is 20.1 Å². The van der Waals surface area contributed by atoms with E-state index in [-0.39, 0.29) is 29.4 Å². The molecule has 1 aliphatic carbocycles. The Morgan fingerprint density at radius 1 is 1.04 bits per heavy atom. The Bertz CT molecular complexity index is 746. The molecule has 0 bridgehead atoms. The molecule has 5 nitrogen and oxygen atoms in total. The molecular weight excluding hydrogens is 441 g/mol. The third-order valence-electron chi connectivity index (χ3n) is 4.70. The van der Waals surface area contributed by atoms with Gasteiger partial charge in [-0.1, -0.05) is 30.3 Å². The topological polar surface area (TPSA) is 54.9 Å². The number of aliphatic imine (C=N–C) groups is 1. The lowest BCUT2D eigenvalue weighted by molar-refractivity contribution is 0.355. The Hall–Kier alpha value is -1.96. The fourth-order valence-electron chi connectivity index (χ4n) is 2.99. The van der Waals surface area contributed by atoms with Gasteiger partial charge in [0.2, 0.25) is 0 Å². The molecule has 1 aliphatic rings. The number of ether oxygens (including phenoxy) is 2. The minimum atomic E-state index is 0. The molecule has 6 heteroatoms. The van der Waals surface area contributed by atoms with Crippen LogP contribution < -0.4 is 20.1 Å². The van der Waals surface area contributed by atoms with Gasteiger partial charge in [0, 0.05) is 30.8 Å². The first-order valence-corrected chi connectivity index (χ1v) is 8.46. The first-order valence-electron chi connectivity index (χ1n) is 8.46. The summed E-state index contributed by atoms with van der Waals surface area (Å²) in [5, 5.41) is 6.76. The highest BCUT2D eigenvalue weighted by Gasteiger charge is 2.43. The van der Waals surface area contributed by atoms with Crippen molar-refractivity contribution in [3.8, 4) is 11.5 Å². The van der Waals surface area contributed by atoms with Gasteiger partial charge in [-0.15, -0.1) is 24.0 Å². The second-order valence-corrected chi connectivity index (χ2v) is 6.27. The maximum absolute atomic E-state index is 5.35. The van der Waals surface area contributed by atoms with E-state index < -0.39 is 0 Å². The Morgan fingerprint density at radius 2 is 1.73 bits per heavy atom. The van der Waals surface area contributed by atoms with Crippen molar-refractivity contribution in [2.75, 3.05) is 33.1 Å². The molecule has 26 heavy (non-hydrogen) atoms. The molecule has 0 heterocycles. The molecule has 2 aromatic rings. The Kier molecular flexibility index (Phi) is 7.14. The first kappa shape index (κ1) is 20.4. The summed E-state index contributed by atoms with van der Waals surface area (Å²) in [4.78, 5) is 4.33. The van der Waals surface area contributed by atoms with E-state index in [0.717, 1.165) is 18.2 Å². The number of guanidine groups is 1. The van der Waals surface area contributed by atoms with Gasteiger partial charge >= 0.3 is 0 Å². The monoisotopic (exact) mass is 467 g/mol. The van der Waals surface area contributed by atoms with E-state index in [0.29, 0.717) is 11.5 Å². The van der Waals surface area contributed by atoms with E-state index in [1.165, 1.54) is 18.4 Å². The van der Waals surface area contributed by atoms with E-state index in [4.69, 9.17) is 9.47 Å². The number of nitrogens with zero attached hydrogens (tertiary/aromatic N) is 1. The van der Waals surface area contributed by atoms with Gasteiger partial charge in [0.05, 0.1) is 14.2 Å². The largest absolute Gasteiger partial charge is 0.493 e. The molecular formula is C20H26IN3O2. The van der Waals surface area contributed by atoms with E-state index in [1.807, 2.05) is 18.2 Å². The number of methoxy groups -OCH3 is 2. The van der Waals surface area contributed by atoms with Crippen LogP contribution in [-0.2, 0) is 5.41 Å². The van der Waals surface area contributed by atoms with Crippen LogP contribution in [-0.4, -0.2) is 33.8 Å². The van der Waals surface area contributed by atoms with Gasteiger partial charge in [0.15, 0.2) is 17.5 Å². The van der Waals surface area contributed by atoms with Gasteiger partial charge in [0.25, 0.3) is 0 Å². The highest BCUT2D eigenvalue weighted by molar-refractivity contribution is 14.0. The second kappa shape index (κ2) is 9.12. The van der Waals surface area contributed by atoms with Crippen molar-refractivity contribution >= 4 is 35.6 Å². The molecule has 0 amide bonds. The zero-order chi connectivity index (χ0) is 17.7. The molecule has 0 atom stereocenters. The molecule has 140 valence electrons. The van der Waals surface area contributed by atoms with Crippen molar-refractivity contribution in [2.24, 2.45) is 4.99 Å². The highest BCUT2D eigenvalue weighted by atomic mass is 127. The summed E-state index contributed by atoms with van der Waals surface area (Å²) >= 11 is 0. The quantitative estimate of drug-likeness (QED) is 0.383. The summed E-state index contributed by atoms with van der Waals surface area (Å²) in [6.45, 7) is 0.865. The molecule has 0 radical (unpaired) electrons. The van der Waals surface area contributed by atoms with Crippen molar-refractivity contribution < 1.29 is 9.47 Å². The van der Waals surface area contributed by atoms with Crippen molar-refractivity contribution in [1.82, 2.24) is 5.32 Å². The zero-order valence-corrected chi connectivity index (χ0v) is 17.7. The number of nitrogens with one attached hydrogen (secondary N) is 2. The lowest BCUT2D eigenvalue weighted by Crippen LogP contribution is -2.36. The van der Waals surface area contributed by atoms with Gasteiger partial charge in [-0.05, 0) is 30.5 Å². The van der Waals surface area contributed by atoms with E-state index in [2.05, 4.69) is 46.0 Å². The minimum Gasteiger partial charge on any atom is -0.493 e. The average Bonchev–Trinajstić information content (AvgIpc) is 3.46. The standard InChI is InChI=1S/C20H25N3O2.HI/c1-21-19(23-16-9-10-17(24-2)18(13-16)25-3)22-14-20(11-12-20)15-7-5-4-6-8-15;/h4-10,13H,11-12,14H2,1-3H3,(H2,21,22,23);1H. The number of halogens is 1. The Morgan fingerprint density at radius 3 is 2.31 bits per heavy atom. The smallest absolute Gasteiger partial charge is 0.195 e. The van der Waals surface area contributed by atoms with E-state index in [9.17, 15) is 0 Å². The summed E-state index contributed by atoms with van der Waals surface area (Å²) in [7, 11) is 5.04. The summed E-state index contributed by atoms with van der Waals surface area (Å²) in [5.41, 5.74) is 2.52. The third-order valence-corrected chi connectivity index (χ3v) is 4.70.